The Hall–Kier alpha value is -1.92. The van der Waals surface area contributed by atoms with Gasteiger partial charge in [-0.25, -0.2) is 9.18 Å². The van der Waals surface area contributed by atoms with Crippen molar-refractivity contribution in [3.05, 3.63) is 44.5 Å². The number of aromatic carboxylic acids is 1. The zero-order valence-electron chi connectivity index (χ0n) is 13.5. The minimum absolute atomic E-state index is 0.0242. The largest absolute Gasteiger partial charge is 0.477 e. The van der Waals surface area contributed by atoms with Gasteiger partial charge in [0.05, 0.1) is 15.9 Å². The molecule has 2 unspecified atom stereocenters. The first-order chi connectivity index (χ1) is 11.9. The van der Waals surface area contributed by atoms with Gasteiger partial charge in [-0.2, -0.15) is 0 Å². The van der Waals surface area contributed by atoms with Crippen molar-refractivity contribution in [1.82, 2.24) is 4.57 Å². The van der Waals surface area contributed by atoms with Gasteiger partial charge in [-0.15, -0.1) is 0 Å². The lowest BCUT2D eigenvalue weighted by molar-refractivity contribution is 0.0695. The Kier molecular flexibility index (Phi) is 3.85. The predicted octanol–water partition coefficient (Wildman–Crippen LogP) is 3.42. The summed E-state index contributed by atoms with van der Waals surface area (Å²) in [5.74, 6) is -1.95. The number of aromatic nitrogens is 1. The first-order valence-electron chi connectivity index (χ1n) is 8.44. The molecule has 2 aliphatic carbocycles. The smallest absolute Gasteiger partial charge is 0.341 e. The first kappa shape index (κ1) is 16.5. The van der Waals surface area contributed by atoms with Gasteiger partial charge in [0.15, 0.2) is 0 Å². The van der Waals surface area contributed by atoms with Crippen molar-refractivity contribution in [2.75, 3.05) is 0 Å². The lowest BCUT2D eigenvalue weighted by atomic mass is 9.94. The minimum Gasteiger partial charge on any atom is -0.477 e. The average Bonchev–Trinajstić information content (AvgIpc) is 3.30. The molecule has 1 aromatic carbocycles. The van der Waals surface area contributed by atoms with Crippen LogP contribution in [0.25, 0.3) is 10.9 Å². The summed E-state index contributed by atoms with van der Waals surface area (Å²) in [6.45, 7) is 0. The summed E-state index contributed by atoms with van der Waals surface area (Å²) in [5, 5.41) is 9.54. The van der Waals surface area contributed by atoms with Crippen molar-refractivity contribution >= 4 is 28.5 Å². The van der Waals surface area contributed by atoms with Crippen molar-refractivity contribution in [2.24, 2.45) is 5.73 Å². The lowest BCUT2D eigenvalue weighted by Gasteiger charge is -2.19. The molecule has 2 saturated carbocycles. The molecule has 2 atom stereocenters. The van der Waals surface area contributed by atoms with E-state index in [9.17, 15) is 19.1 Å². The van der Waals surface area contributed by atoms with E-state index in [1.54, 1.807) is 4.57 Å². The van der Waals surface area contributed by atoms with E-state index in [1.807, 2.05) is 0 Å². The Morgan fingerprint density at radius 1 is 1.32 bits per heavy atom. The molecule has 1 heterocycles. The number of carboxylic acids is 1. The number of fused-ring (bicyclic) bond motifs is 1. The highest BCUT2D eigenvalue weighted by molar-refractivity contribution is 6.36. The number of nitrogens with zero attached hydrogens (tertiary/aromatic N) is 1. The zero-order valence-corrected chi connectivity index (χ0v) is 14.2. The maximum Gasteiger partial charge on any atom is 0.341 e. The van der Waals surface area contributed by atoms with E-state index in [4.69, 9.17) is 17.3 Å². The molecule has 25 heavy (non-hydrogen) atoms. The molecule has 0 bridgehead atoms. The standard InChI is InChI=1S/C18H18ClFN2O3/c19-15-14(8-1-2-9(21)5-8)13(20)6-11-16(15)22(10-3-4-10)7-12(17(11)23)18(24)25/h6-10H,1-5,21H2,(H,24,25). The SMILES string of the molecule is NC1CCC(c2c(F)cc3c(=O)c(C(=O)O)cn(C4CC4)c3c2Cl)C1. The molecule has 0 aliphatic heterocycles. The number of carbonyl (C=O) groups is 1. The molecule has 7 heteroatoms. The highest BCUT2D eigenvalue weighted by atomic mass is 35.5. The van der Waals surface area contributed by atoms with Gasteiger partial charge in [0.25, 0.3) is 0 Å². The molecule has 132 valence electrons. The minimum atomic E-state index is -1.32. The van der Waals surface area contributed by atoms with Gasteiger partial charge in [0.2, 0.25) is 5.43 Å². The maximum absolute atomic E-state index is 14.8. The third-order valence-electron chi connectivity index (χ3n) is 5.30. The Morgan fingerprint density at radius 2 is 2.04 bits per heavy atom. The topological polar surface area (TPSA) is 85.3 Å². The molecule has 0 spiro atoms. The lowest BCUT2D eigenvalue weighted by Crippen LogP contribution is -2.20. The molecular formula is C18H18ClFN2O3. The quantitative estimate of drug-likeness (QED) is 0.873. The summed E-state index contributed by atoms with van der Waals surface area (Å²) in [6, 6.07) is 1.27. The van der Waals surface area contributed by atoms with Crippen LogP contribution in [0.5, 0.6) is 0 Å². The molecule has 0 saturated heterocycles. The number of hydrogen-bond donors (Lipinski definition) is 2. The van der Waals surface area contributed by atoms with Crippen molar-refractivity contribution in [1.29, 1.82) is 0 Å². The van der Waals surface area contributed by atoms with E-state index in [0.717, 1.165) is 31.7 Å². The Balaban J connectivity index is 2.03. The number of pyridine rings is 1. The molecule has 5 nitrogen and oxygen atoms in total. The summed E-state index contributed by atoms with van der Waals surface area (Å²) in [7, 11) is 0. The summed E-state index contributed by atoms with van der Waals surface area (Å²) < 4.78 is 16.5. The fraction of sp³-hybridized carbons (Fsp3) is 0.444. The monoisotopic (exact) mass is 364 g/mol. The summed E-state index contributed by atoms with van der Waals surface area (Å²) in [6.07, 6.45) is 5.33. The van der Waals surface area contributed by atoms with Crippen molar-refractivity contribution in [3.63, 3.8) is 0 Å². The molecule has 3 N–H and O–H groups in total. The van der Waals surface area contributed by atoms with E-state index >= 15 is 0 Å². The van der Waals surface area contributed by atoms with Gasteiger partial charge >= 0.3 is 5.97 Å². The maximum atomic E-state index is 14.8. The molecule has 4 rings (SSSR count). The number of nitrogens with two attached hydrogens (primary N) is 1. The van der Waals surface area contributed by atoms with Gasteiger partial charge in [0.1, 0.15) is 11.4 Å². The van der Waals surface area contributed by atoms with E-state index in [0.29, 0.717) is 17.5 Å². The second-order valence-electron chi connectivity index (χ2n) is 7.07. The van der Waals surface area contributed by atoms with Crippen molar-refractivity contribution < 1.29 is 14.3 Å². The van der Waals surface area contributed by atoms with E-state index in [2.05, 4.69) is 0 Å². The van der Waals surface area contributed by atoms with Crippen LogP contribution >= 0.6 is 11.6 Å². The van der Waals surface area contributed by atoms with Gasteiger partial charge < -0.3 is 15.4 Å². The van der Waals surface area contributed by atoms with Crippen LogP contribution in [0.4, 0.5) is 4.39 Å². The summed E-state index contributed by atoms with van der Waals surface area (Å²) >= 11 is 6.57. The second kappa shape index (κ2) is 5.81. The van der Waals surface area contributed by atoms with Crippen LogP contribution in [0.15, 0.2) is 17.1 Å². The molecular weight excluding hydrogens is 347 g/mol. The molecule has 2 fully saturated rings. The van der Waals surface area contributed by atoms with Crippen LogP contribution < -0.4 is 11.2 Å². The first-order valence-corrected chi connectivity index (χ1v) is 8.82. The van der Waals surface area contributed by atoms with E-state index < -0.39 is 17.2 Å². The van der Waals surface area contributed by atoms with Crippen LogP contribution in [-0.2, 0) is 0 Å². The Bertz CT molecular complexity index is 952. The van der Waals surface area contributed by atoms with Crippen LogP contribution in [0, 0.1) is 5.82 Å². The summed E-state index contributed by atoms with van der Waals surface area (Å²) in [4.78, 5) is 23.9. The number of benzene rings is 1. The predicted molar refractivity (Wildman–Crippen MR) is 93.0 cm³/mol. The fourth-order valence-corrected chi connectivity index (χ4v) is 4.35. The molecule has 0 amide bonds. The number of carboxylic acid groups (broad SMARTS) is 1. The van der Waals surface area contributed by atoms with Gasteiger partial charge in [-0.3, -0.25) is 4.79 Å². The Morgan fingerprint density at radius 3 is 2.60 bits per heavy atom. The highest BCUT2D eigenvalue weighted by Crippen LogP contribution is 2.44. The molecule has 2 aromatic rings. The van der Waals surface area contributed by atoms with Crippen LogP contribution in [0.3, 0.4) is 0 Å². The number of halogens is 2. The average molecular weight is 365 g/mol. The highest BCUT2D eigenvalue weighted by Gasteiger charge is 2.32. The van der Waals surface area contributed by atoms with E-state index in [-0.39, 0.29) is 34.0 Å². The van der Waals surface area contributed by atoms with Crippen LogP contribution in [0.2, 0.25) is 5.02 Å². The molecule has 2 aliphatic rings. The van der Waals surface area contributed by atoms with Gasteiger partial charge in [-0.1, -0.05) is 11.6 Å². The van der Waals surface area contributed by atoms with E-state index in [1.165, 1.54) is 6.20 Å². The zero-order chi connectivity index (χ0) is 17.9. The normalized spacial score (nSPS) is 23.3. The van der Waals surface area contributed by atoms with Gasteiger partial charge in [-0.05, 0) is 44.1 Å². The summed E-state index contributed by atoms with van der Waals surface area (Å²) in [5.41, 5.74) is 5.74. The number of rotatable bonds is 3. The number of hydrogen-bond acceptors (Lipinski definition) is 3. The van der Waals surface area contributed by atoms with Crippen molar-refractivity contribution in [2.45, 2.75) is 50.1 Å². The Labute approximate surface area is 148 Å². The van der Waals surface area contributed by atoms with Crippen molar-refractivity contribution in [3.8, 4) is 0 Å². The van der Waals surface area contributed by atoms with Crippen LogP contribution in [-0.4, -0.2) is 21.7 Å². The van der Waals surface area contributed by atoms with Gasteiger partial charge in [0, 0.05) is 23.8 Å². The molecule has 0 radical (unpaired) electrons. The van der Waals surface area contributed by atoms with Crippen LogP contribution in [0.1, 0.15) is 60.0 Å². The fourth-order valence-electron chi connectivity index (χ4n) is 3.90. The second-order valence-corrected chi connectivity index (χ2v) is 7.45. The third kappa shape index (κ3) is 2.64. The third-order valence-corrected chi connectivity index (χ3v) is 5.68. The molecule has 1 aromatic heterocycles.